The number of nitrogens with zero attached hydrogens (tertiary/aromatic N) is 1. The highest BCUT2D eigenvalue weighted by atomic mass is 32.2. The van der Waals surface area contributed by atoms with E-state index in [4.69, 9.17) is 0 Å². The molecule has 0 fully saturated rings. The van der Waals surface area contributed by atoms with Crippen LogP contribution in [0.25, 0.3) is 0 Å². The molecule has 5 nitrogen and oxygen atoms in total. The average Bonchev–Trinajstić information content (AvgIpc) is 2.89. The second-order valence-corrected chi connectivity index (χ2v) is 9.88. The molecular weight excluding hydrogens is 384 g/mol. The predicted molar refractivity (Wildman–Crippen MR) is 115 cm³/mol. The van der Waals surface area contributed by atoms with Gasteiger partial charge in [-0.15, -0.1) is 0 Å². The Labute approximate surface area is 174 Å². The smallest absolute Gasteiger partial charge is 0.241 e. The van der Waals surface area contributed by atoms with Gasteiger partial charge in [-0.2, -0.15) is 0 Å². The number of carbonyl (C=O) groups excluding carboxylic acids is 1. The number of carbonyl (C=O) groups is 1. The molecule has 0 aromatic heterocycles. The van der Waals surface area contributed by atoms with E-state index in [9.17, 15) is 13.2 Å². The van der Waals surface area contributed by atoms with Gasteiger partial charge in [0.2, 0.25) is 10.0 Å². The van der Waals surface area contributed by atoms with Gasteiger partial charge in [0.05, 0.1) is 17.5 Å². The Kier molecular flexibility index (Phi) is 7.22. The largest absolute Gasteiger partial charge is 0.296 e. The zero-order chi connectivity index (χ0) is 20.9. The molecule has 0 aliphatic carbocycles. The first-order valence-electron chi connectivity index (χ1n) is 10.2. The molecule has 3 rings (SSSR count). The summed E-state index contributed by atoms with van der Waals surface area (Å²) in [6.07, 6.45) is 2.49. The van der Waals surface area contributed by atoms with Crippen molar-refractivity contribution in [3.8, 4) is 0 Å². The third-order valence-corrected chi connectivity index (χ3v) is 6.75. The molecule has 0 saturated carbocycles. The molecule has 0 radical (unpaired) electrons. The number of rotatable bonds is 8. The van der Waals surface area contributed by atoms with Crippen LogP contribution in [0.4, 0.5) is 0 Å². The van der Waals surface area contributed by atoms with Crippen molar-refractivity contribution >= 4 is 15.8 Å². The van der Waals surface area contributed by atoms with E-state index in [1.807, 2.05) is 19.9 Å². The Morgan fingerprint density at radius 1 is 1.03 bits per heavy atom. The van der Waals surface area contributed by atoms with Gasteiger partial charge in [0.1, 0.15) is 0 Å². The van der Waals surface area contributed by atoms with Crippen molar-refractivity contribution < 1.29 is 13.2 Å². The lowest BCUT2D eigenvalue weighted by Gasteiger charge is -2.24. The summed E-state index contributed by atoms with van der Waals surface area (Å²) in [6, 6.07) is 15.8. The van der Waals surface area contributed by atoms with Gasteiger partial charge < -0.3 is 0 Å². The lowest BCUT2D eigenvalue weighted by Crippen LogP contribution is -2.46. The van der Waals surface area contributed by atoms with Crippen LogP contribution >= 0.6 is 0 Å². The highest BCUT2D eigenvalue weighted by Gasteiger charge is 2.28. The highest BCUT2D eigenvalue weighted by Crippen LogP contribution is 2.19. The van der Waals surface area contributed by atoms with E-state index >= 15 is 0 Å². The minimum Gasteiger partial charge on any atom is -0.296 e. The third kappa shape index (κ3) is 5.98. The van der Waals surface area contributed by atoms with Crippen LogP contribution in [0.3, 0.4) is 0 Å². The van der Waals surface area contributed by atoms with Gasteiger partial charge in [0.25, 0.3) is 0 Å². The summed E-state index contributed by atoms with van der Waals surface area (Å²) in [5.41, 5.74) is 2.59. The van der Waals surface area contributed by atoms with Crippen molar-refractivity contribution in [2.45, 2.75) is 50.6 Å². The third-order valence-electron chi connectivity index (χ3n) is 5.26. The fraction of sp³-hybridized carbons (Fsp3) is 0.435. The zero-order valence-electron chi connectivity index (χ0n) is 17.2. The van der Waals surface area contributed by atoms with E-state index < -0.39 is 16.1 Å². The van der Waals surface area contributed by atoms with Gasteiger partial charge in [0, 0.05) is 6.54 Å². The summed E-state index contributed by atoms with van der Waals surface area (Å²) in [5.74, 6) is 0.130. The van der Waals surface area contributed by atoms with Crippen LogP contribution in [0.2, 0.25) is 0 Å². The number of fused-ring (bicyclic) bond motifs is 1. The molecular formula is C23H30N2O3S. The van der Waals surface area contributed by atoms with Crippen molar-refractivity contribution in [1.82, 2.24) is 9.62 Å². The van der Waals surface area contributed by atoms with Gasteiger partial charge in [-0.1, -0.05) is 56.3 Å². The number of benzene rings is 2. The molecule has 0 bridgehead atoms. The molecule has 0 saturated heterocycles. The fourth-order valence-corrected chi connectivity index (χ4v) is 5.06. The standard InChI is InChI=1S/C23H30N2O3S/c1-18(2)15-22(24-29(27,28)21-12-4-3-5-13-21)23(26)17-25-14-8-11-19-9-6-7-10-20(19)16-25/h3-7,9-10,12-13,18,22,24H,8,11,14-17H2,1-2H3/t22-/m0/s1. The molecule has 0 amide bonds. The van der Waals surface area contributed by atoms with Gasteiger partial charge in [0.15, 0.2) is 5.78 Å². The normalized spacial score (nSPS) is 16.2. The summed E-state index contributed by atoms with van der Waals surface area (Å²) in [7, 11) is -3.74. The lowest BCUT2D eigenvalue weighted by atomic mass is 10.0. The molecule has 1 N–H and O–H groups in total. The lowest BCUT2D eigenvalue weighted by molar-refractivity contribution is -0.122. The minimum atomic E-state index is -3.74. The number of sulfonamides is 1. The second kappa shape index (κ2) is 9.65. The first kappa shape index (κ1) is 21.7. The van der Waals surface area contributed by atoms with Gasteiger partial charge in [-0.05, 0) is 55.0 Å². The number of hydrogen-bond donors (Lipinski definition) is 1. The number of nitrogens with one attached hydrogen (secondary N) is 1. The predicted octanol–water partition coefficient (Wildman–Crippen LogP) is 3.40. The Morgan fingerprint density at radius 3 is 2.38 bits per heavy atom. The van der Waals surface area contributed by atoms with Crippen LogP contribution in [-0.2, 0) is 27.8 Å². The van der Waals surface area contributed by atoms with E-state index in [1.165, 1.54) is 11.1 Å². The molecule has 1 aliphatic rings. The maximum Gasteiger partial charge on any atom is 0.241 e. The molecule has 1 aliphatic heterocycles. The molecule has 2 aromatic carbocycles. The Morgan fingerprint density at radius 2 is 1.69 bits per heavy atom. The molecule has 2 aromatic rings. The van der Waals surface area contributed by atoms with E-state index in [0.717, 1.165) is 25.9 Å². The summed E-state index contributed by atoms with van der Waals surface area (Å²) in [4.78, 5) is 15.4. The van der Waals surface area contributed by atoms with Crippen molar-refractivity contribution in [2.75, 3.05) is 13.1 Å². The van der Waals surface area contributed by atoms with Crippen LogP contribution in [0.5, 0.6) is 0 Å². The minimum absolute atomic E-state index is 0.0717. The van der Waals surface area contributed by atoms with E-state index in [-0.39, 0.29) is 23.1 Å². The zero-order valence-corrected chi connectivity index (χ0v) is 18.0. The van der Waals surface area contributed by atoms with Gasteiger partial charge in [-0.25, -0.2) is 13.1 Å². The molecule has 0 unspecified atom stereocenters. The van der Waals surface area contributed by atoms with Crippen LogP contribution in [-0.4, -0.2) is 38.2 Å². The summed E-state index contributed by atoms with van der Waals surface area (Å²) in [5, 5.41) is 0. The van der Waals surface area contributed by atoms with Crippen LogP contribution in [0.15, 0.2) is 59.5 Å². The highest BCUT2D eigenvalue weighted by molar-refractivity contribution is 7.89. The summed E-state index contributed by atoms with van der Waals surface area (Å²) in [6.45, 7) is 5.81. The Balaban J connectivity index is 1.72. The molecule has 1 atom stereocenters. The topological polar surface area (TPSA) is 66.5 Å². The SMILES string of the molecule is CC(C)C[C@H](NS(=O)(=O)c1ccccc1)C(=O)CN1CCCc2ccccc2C1. The average molecular weight is 415 g/mol. The fourth-order valence-electron chi connectivity index (χ4n) is 3.81. The monoisotopic (exact) mass is 414 g/mol. The number of Topliss-reactive ketones (excluding diaryl/α,β-unsaturated/α-hetero) is 1. The van der Waals surface area contributed by atoms with E-state index in [1.54, 1.807) is 30.3 Å². The summed E-state index contributed by atoms with van der Waals surface area (Å²) < 4.78 is 28.2. The first-order valence-corrected chi connectivity index (χ1v) is 11.7. The van der Waals surface area contributed by atoms with Crippen molar-refractivity contribution in [3.63, 3.8) is 0 Å². The Bertz CT molecular complexity index is 926. The second-order valence-electron chi connectivity index (χ2n) is 8.17. The molecule has 1 heterocycles. The summed E-state index contributed by atoms with van der Waals surface area (Å²) >= 11 is 0. The van der Waals surface area contributed by atoms with E-state index in [2.05, 4.69) is 27.8 Å². The van der Waals surface area contributed by atoms with Crippen molar-refractivity contribution in [2.24, 2.45) is 5.92 Å². The quantitative estimate of drug-likeness (QED) is 0.719. The Hall–Kier alpha value is -2.02. The number of aryl methyl sites for hydroxylation is 1. The maximum absolute atomic E-state index is 13.1. The van der Waals surface area contributed by atoms with Crippen molar-refractivity contribution in [1.29, 1.82) is 0 Å². The first-order chi connectivity index (χ1) is 13.8. The molecule has 6 heteroatoms. The molecule has 0 spiro atoms. The van der Waals surface area contributed by atoms with Crippen LogP contribution in [0, 0.1) is 5.92 Å². The molecule has 29 heavy (non-hydrogen) atoms. The van der Waals surface area contributed by atoms with Crippen molar-refractivity contribution in [3.05, 3.63) is 65.7 Å². The number of ketones is 1. The molecule has 156 valence electrons. The van der Waals surface area contributed by atoms with Crippen LogP contribution < -0.4 is 4.72 Å². The van der Waals surface area contributed by atoms with E-state index in [0.29, 0.717) is 6.42 Å². The maximum atomic E-state index is 13.1. The van der Waals surface area contributed by atoms with Crippen LogP contribution in [0.1, 0.15) is 37.8 Å². The van der Waals surface area contributed by atoms with Gasteiger partial charge in [-0.3, -0.25) is 9.69 Å². The number of hydrogen-bond acceptors (Lipinski definition) is 4. The van der Waals surface area contributed by atoms with Gasteiger partial charge >= 0.3 is 0 Å².